The van der Waals surface area contributed by atoms with Crippen molar-refractivity contribution in [2.45, 2.75) is 18.4 Å². The first-order valence-corrected chi connectivity index (χ1v) is 8.28. The van der Waals surface area contributed by atoms with Gasteiger partial charge in [-0.3, -0.25) is 9.69 Å². The van der Waals surface area contributed by atoms with E-state index >= 15 is 0 Å². The summed E-state index contributed by atoms with van der Waals surface area (Å²) >= 11 is 1.26. The molecule has 0 radical (unpaired) electrons. The van der Waals surface area contributed by atoms with Gasteiger partial charge in [-0.1, -0.05) is 11.8 Å². The summed E-state index contributed by atoms with van der Waals surface area (Å²) in [6.45, 7) is 2.24. The van der Waals surface area contributed by atoms with Crippen LogP contribution in [0.25, 0.3) is 4.91 Å². The molecule has 128 valence electrons. The number of rotatable bonds is 6. The third-order valence-corrected chi connectivity index (χ3v) is 5.28. The lowest BCUT2D eigenvalue weighted by Crippen LogP contribution is -2.60. The molecule has 1 saturated heterocycles. The minimum atomic E-state index is -1.18. The number of aromatic nitrogens is 1. The number of aliphatic hydroxyl groups is 1. The lowest BCUT2D eigenvalue weighted by Gasteiger charge is -2.43. The topological polar surface area (TPSA) is 126 Å². The van der Waals surface area contributed by atoms with Crippen molar-refractivity contribution in [3.63, 3.8) is 0 Å². The van der Waals surface area contributed by atoms with Gasteiger partial charge < -0.3 is 20.7 Å². The summed E-state index contributed by atoms with van der Waals surface area (Å²) in [6, 6.07) is 3.32. The number of ether oxygens (including phenoxy) is 1. The Hall–Kier alpha value is -2.10. The molecule has 0 aromatic carbocycles. The second-order valence-electron chi connectivity index (χ2n) is 5.49. The maximum atomic E-state index is 12.2. The molecule has 0 unspecified atom stereocenters. The second-order valence-corrected chi connectivity index (χ2v) is 6.62. The molecule has 0 saturated carbocycles. The molecule has 0 spiro atoms. The number of hydrogen-bond donors (Lipinski definition) is 3. The Morgan fingerprint density at radius 2 is 2.29 bits per heavy atom. The number of nitrogens with zero attached hydrogens (tertiary/aromatic N) is 2. The number of β-lactam (4-membered cyclic amide) rings is 1. The molecule has 8 nitrogen and oxygen atoms in total. The number of amides is 1. The first kappa shape index (κ1) is 16.7. The summed E-state index contributed by atoms with van der Waals surface area (Å²) in [5.41, 5.74) is 5.88. The average Bonchev–Trinajstić information content (AvgIpc) is 2.88. The molecule has 1 aromatic rings. The van der Waals surface area contributed by atoms with E-state index in [0.29, 0.717) is 29.5 Å². The van der Waals surface area contributed by atoms with Crippen LogP contribution in [0.2, 0.25) is 0 Å². The van der Waals surface area contributed by atoms with Crippen LogP contribution in [0.5, 0.6) is 5.88 Å². The Labute approximate surface area is 142 Å². The summed E-state index contributed by atoms with van der Waals surface area (Å²) in [5.74, 6) is -1.75. The van der Waals surface area contributed by atoms with Crippen LogP contribution in [0.3, 0.4) is 0 Å². The number of nitrogens with two attached hydrogens (primary N) is 1. The van der Waals surface area contributed by atoms with Crippen molar-refractivity contribution in [2.24, 2.45) is 11.7 Å². The van der Waals surface area contributed by atoms with Gasteiger partial charge in [-0.05, 0) is 13.0 Å². The minimum absolute atomic E-state index is 0.0654. The van der Waals surface area contributed by atoms with Gasteiger partial charge in [0.1, 0.15) is 17.7 Å². The van der Waals surface area contributed by atoms with Crippen molar-refractivity contribution in [1.82, 2.24) is 9.88 Å². The molecule has 3 atom stereocenters. The van der Waals surface area contributed by atoms with Crippen LogP contribution in [0, 0.1) is 5.92 Å². The molecule has 1 amide bonds. The summed E-state index contributed by atoms with van der Waals surface area (Å²) in [6.07, 6.45) is 0.677. The highest BCUT2D eigenvalue weighted by Crippen LogP contribution is 2.53. The molecular weight excluding hydrogens is 334 g/mol. The maximum absolute atomic E-state index is 12.2. The number of aliphatic hydroxyl groups excluding tert-OH is 1. The van der Waals surface area contributed by atoms with Crippen LogP contribution in [-0.2, 0) is 9.59 Å². The van der Waals surface area contributed by atoms with Gasteiger partial charge in [0.05, 0.1) is 12.0 Å². The highest BCUT2D eigenvalue weighted by atomic mass is 32.2. The molecule has 3 heterocycles. The molecule has 1 aromatic heterocycles. The van der Waals surface area contributed by atoms with Gasteiger partial charge in [0.2, 0.25) is 11.8 Å². The van der Waals surface area contributed by atoms with E-state index < -0.39 is 23.4 Å². The lowest BCUT2D eigenvalue weighted by atomic mass is 9.92. The first-order chi connectivity index (χ1) is 11.5. The van der Waals surface area contributed by atoms with Crippen LogP contribution in [0.15, 0.2) is 24.0 Å². The van der Waals surface area contributed by atoms with Crippen LogP contribution >= 0.6 is 11.8 Å². The predicted molar refractivity (Wildman–Crippen MR) is 86.7 cm³/mol. The monoisotopic (exact) mass is 351 g/mol. The van der Waals surface area contributed by atoms with E-state index in [1.54, 1.807) is 12.1 Å². The van der Waals surface area contributed by atoms with Crippen molar-refractivity contribution in [2.75, 3.05) is 13.2 Å². The Morgan fingerprint density at radius 3 is 2.83 bits per heavy atom. The van der Waals surface area contributed by atoms with Gasteiger partial charge in [0.25, 0.3) is 0 Å². The SMILES string of the molecule is C[C@@H](O)[C@H]1C(=O)N2C(C(=O)O)=C(c3ccc(OCCN)nc3)S[C@H]12. The third-order valence-electron chi connectivity index (χ3n) is 3.87. The van der Waals surface area contributed by atoms with Crippen LogP contribution in [0.1, 0.15) is 12.5 Å². The molecular formula is C15H17N3O5S. The molecule has 1 fully saturated rings. The highest BCUT2D eigenvalue weighted by Gasteiger charge is 2.57. The number of pyridine rings is 1. The second kappa shape index (κ2) is 6.42. The largest absolute Gasteiger partial charge is 0.477 e. The number of thioether (sulfide) groups is 1. The average molecular weight is 351 g/mol. The van der Waals surface area contributed by atoms with Gasteiger partial charge in [-0.15, -0.1) is 0 Å². The van der Waals surface area contributed by atoms with E-state index in [9.17, 15) is 19.8 Å². The number of carboxylic acids is 1. The Bertz CT molecular complexity index is 704. The van der Waals surface area contributed by atoms with E-state index in [0.717, 1.165) is 0 Å². The Kier molecular flexibility index (Phi) is 4.48. The quantitative estimate of drug-likeness (QED) is 0.615. The number of carboxylic acid groups (broad SMARTS) is 1. The summed E-state index contributed by atoms with van der Waals surface area (Å²) in [5, 5.41) is 18.8. The number of hydrogen-bond acceptors (Lipinski definition) is 7. The van der Waals surface area contributed by atoms with Crippen LogP contribution in [0.4, 0.5) is 0 Å². The van der Waals surface area contributed by atoms with Gasteiger partial charge in [0.15, 0.2) is 0 Å². The van der Waals surface area contributed by atoms with E-state index in [1.165, 1.54) is 29.8 Å². The standard InChI is InChI=1S/C15H17N3O5S/c1-7(19)10-13(20)18-11(15(21)22)12(24-14(10)18)8-2-3-9(17-6-8)23-5-4-16/h2-3,6-7,10,14,19H,4-5,16H2,1H3,(H,21,22)/t7-,10+,14-/m1/s1. The van der Waals surface area contributed by atoms with Crippen molar-refractivity contribution >= 4 is 28.5 Å². The molecule has 4 N–H and O–H groups in total. The summed E-state index contributed by atoms with van der Waals surface area (Å²) < 4.78 is 5.29. The molecule has 0 aliphatic carbocycles. The fourth-order valence-corrected chi connectivity index (χ4v) is 4.35. The summed E-state index contributed by atoms with van der Waals surface area (Å²) in [4.78, 5) is 29.6. The van der Waals surface area contributed by atoms with Crippen molar-refractivity contribution in [1.29, 1.82) is 0 Å². The van der Waals surface area contributed by atoms with E-state index in [1.807, 2.05) is 0 Å². The van der Waals surface area contributed by atoms with Gasteiger partial charge >= 0.3 is 5.97 Å². The van der Waals surface area contributed by atoms with Crippen molar-refractivity contribution in [3.8, 4) is 5.88 Å². The predicted octanol–water partition coefficient (Wildman–Crippen LogP) is 0.0844. The molecule has 9 heteroatoms. The third kappa shape index (κ3) is 2.64. The number of carbonyl (C=O) groups excluding carboxylic acids is 1. The van der Waals surface area contributed by atoms with Crippen molar-refractivity contribution < 1.29 is 24.5 Å². The Balaban J connectivity index is 1.89. The van der Waals surface area contributed by atoms with Gasteiger partial charge in [0, 0.05) is 29.3 Å². The lowest BCUT2D eigenvalue weighted by molar-refractivity contribution is -0.156. The fraction of sp³-hybridized carbons (Fsp3) is 0.400. The maximum Gasteiger partial charge on any atom is 0.353 e. The van der Waals surface area contributed by atoms with Gasteiger partial charge in [-0.2, -0.15) is 0 Å². The molecule has 0 bridgehead atoms. The number of carbonyl (C=O) groups is 2. The zero-order chi connectivity index (χ0) is 17.4. The van der Waals surface area contributed by atoms with E-state index in [2.05, 4.69) is 4.98 Å². The molecule has 24 heavy (non-hydrogen) atoms. The molecule has 2 aliphatic heterocycles. The fourth-order valence-electron chi connectivity index (χ4n) is 2.75. The Morgan fingerprint density at radius 1 is 1.54 bits per heavy atom. The highest BCUT2D eigenvalue weighted by molar-refractivity contribution is 8.09. The first-order valence-electron chi connectivity index (χ1n) is 7.40. The number of fused-ring (bicyclic) bond motifs is 1. The number of aliphatic carboxylic acids is 1. The zero-order valence-corrected chi connectivity index (χ0v) is 13.7. The normalized spacial score (nSPS) is 23.8. The van der Waals surface area contributed by atoms with E-state index in [4.69, 9.17) is 10.5 Å². The zero-order valence-electron chi connectivity index (χ0n) is 12.9. The summed E-state index contributed by atoms with van der Waals surface area (Å²) in [7, 11) is 0. The van der Waals surface area contributed by atoms with Crippen LogP contribution in [-0.4, -0.2) is 56.6 Å². The minimum Gasteiger partial charge on any atom is -0.477 e. The molecule has 2 aliphatic rings. The van der Waals surface area contributed by atoms with Crippen molar-refractivity contribution in [3.05, 3.63) is 29.6 Å². The van der Waals surface area contributed by atoms with Crippen LogP contribution < -0.4 is 10.5 Å². The smallest absolute Gasteiger partial charge is 0.353 e. The molecule has 3 rings (SSSR count). The van der Waals surface area contributed by atoms with E-state index in [-0.39, 0.29) is 11.6 Å². The van der Waals surface area contributed by atoms with Gasteiger partial charge in [-0.25, -0.2) is 9.78 Å².